The van der Waals surface area contributed by atoms with E-state index in [4.69, 9.17) is 9.47 Å². The molecule has 2 aliphatic rings. The predicted octanol–water partition coefficient (Wildman–Crippen LogP) is 2.28. The molecule has 1 atom stereocenters. The first-order valence-electron chi connectivity index (χ1n) is 9.16. The molecule has 1 aromatic carbocycles. The Kier molecular flexibility index (Phi) is 6.48. The fraction of sp³-hybridized carbons (Fsp3) is 0.550. The Labute approximate surface area is 150 Å². The highest BCUT2D eigenvalue weighted by atomic mass is 16.5. The van der Waals surface area contributed by atoms with Gasteiger partial charge in [-0.3, -0.25) is 9.69 Å². The lowest BCUT2D eigenvalue weighted by Gasteiger charge is -2.35. The van der Waals surface area contributed by atoms with Crippen LogP contribution in [0.1, 0.15) is 18.4 Å². The molecular formula is C20H28N2O3. The number of carbonyl (C=O) groups excluding carboxylic acids is 1. The van der Waals surface area contributed by atoms with E-state index in [2.05, 4.69) is 23.1 Å². The molecule has 0 N–H and O–H groups in total. The molecule has 0 saturated carbocycles. The van der Waals surface area contributed by atoms with Gasteiger partial charge in [0.15, 0.2) is 0 Å². The van der Waals surface area contributed by atoms with E-state index in [1.165, 1.54) is 0 Å². The molecule has 2 aliphatic heterocycles. The Morgan fingerprint density at radius 1 is 1.28 bits per heavy atom. The summed E-state index contributed by atoms with van der Waals surface area (Å²) < 4.78 is 10.7. The summed E-state index contributed by atoms with van der Waals surface area (Å²) in [6, 6.07) is 8.01. The Morgan fingerprint density at radius 3 is 2.88 bits per heavy atom. The molecule has 5 heteroatoms. The second-order valence-electron chi connectivity index (χ2n) is 6.68. The van der Waals surface area contributed by atoms with Gasteiger partial charge < -0.3 is 14.4 Å². The van der Waals surface area contributed by atoms with E-state index < -0.39 is 0 Å². The van der Waals surface area contributed by atoms with Gasteiger partial charge in [0, 0.05) is 31.7 Å². The first kappa shape index (κ1) is 18.0. The standard InChI is InChI=1S/C20H28N2O3/c1-24-19-9-3-2-6-17(19)7-4-10-21-11-5-8-18(16-21)20(23)22-12-14-25-15-13-22/h2-4,6-7,9,18H,5,8,10-16H2,1H3. The average Bonchev–Trinajstić information content (AvgIpc) is 2.69. The number of benzene rings is 1. The van der Waals surface area contributed by atoms with Crippen molar-refractivity contribution in [1.82, 2.24) is 9.80 Å². The van der Waals surface area contributed by atoms with Gasteiger partial charge in [0.25, 0.3) is 0 Å². The molecule has 0 spiro atoms. The number of para-hydroxylation sites is 1. The Balaban J connectivity index is 1.53. The number of nitrogens with zero attached hydrogens (tertiary/aromatic N) is 2. The van der Waals surface area contributed by atoms with Gasteiger partial charge >= 0.3 is 0 Å². The largest absolute Gasteiger partial charge is 0.496 e. The van der Waals surface area contributed by atoms with Crippen LogP contribution in [0.4, 0.5) is 0 Å². The van der Waals surface area contributed by atoms with Gasteiger partial charge in [-0.15, -0.1) is 0 Å². The van der Waals surface area contributed by atoms with Crippen LogP contribution in [0.15, 0.2) is 30.3 Å². The molecule has 1 aromatic rings. The Hall–Kier alpha value is -1.85. The van der Waals surface area contributed by atoms with Gasteiger partial charge in [-0.05, 0) is 25.5 Å². The SMILES string of the molecule is COc1ccccc1C=CCN1CCCC(C(=O)N2CCOCC2)C1. The lowest BCUT2D eigenvalue weighted by Crippen LogP contribution is -2.48. The first-order chi connectivity index (χ1) is 12.3. The molecule has 25 heavy (non-hydrogen) atoms. The third-order valence-corrected chi connectivity index (χ3v) is 4.98. The molecule has 3 rings (SSSR count). The zero-order chi connectivity index (χ0) is 17.5. The highest BCUT2D eigenvalue weighted by Crippen LogP contribution is 2.21. The number of methoxy groups -OCH3 is 1. The lowest BCUT2D eigenvalue weighted by atomic mass is 9.96. The number of hydrogen-bond donors (Lipinski definition) is 0. The van der Waals surface area contributed by atoms with Crippen molar-refractivity contribution in [2.45, 2.75) is 12.8 Å². The Morgan fingerprint density at radius 2 is 2.08 bits per heavy atom. The van der Waals surface area contributed by atoms with Gasteiger partial charge in [0.1, 0.15) is 5.75 Å². The van der Waals surface area contributed by atoms with E-state index in [1.807, 2.05) is 23.1 Å². The van der Waals surface area contributed by atoms with Gasteiger partial charge in [0.05, 0.1) is 26.2 Å². The van der Waals surface area contributed by atoms with Crippen LogP contribution in [0.5, 0.6) is 5.75 Å². The van der Waals surface area contributed by atoms with E-state index in [9.17, 15) is 4.79 Å². The summed E-state index contributed by atoms with van der Waals surface area (Å²) in [4.78, 5) is 17.0. The number of rotatable bonds is 5. The maximum atomic E-state index is 12.7. The van der Waals surface area contributed by atoms with E-state index in [0.29, 0.717) is 19.1 Å². The molecule has 2 fully saturated rings. The normalized spacial score (nSPS) is 22.3. The monoisotopic (exact) mass is 344 g/mol. The minimum absolute atomic E-state index is 0.131. The highest BCUT2D eigenvalue weighted by Gasteiger charge is 2.29. The van der Waals surface area contributed by atoms with Crippen LogP contribution in [0.3, 0.4) is 0 Å². The zero-order valence-electron chi connectivity index (χ0n) is 15.0. The number of amides is 1. The summed E-state index contributed by atoms with van der Waals surface area (Å²) >= 11 is 0. The minimum Gasteiger partial charge on any atom is -0.496 e. The van der Waals surface area contributed by atoms with Crippen LogP contribution in [0, 0.1) is 5.92 Å². The van der Waals surface area contributed by atoms with Crippen LogP contribution in [-0.2, 0) is 9.53 Å². The number of piperidine rings is 1. The van der Waals surface area contributed by atoms with Crippen molar-refractivity contribution in [2.75, 3.05) is 53.0 Å². The molecular weight excluding hydrogens is 316 g/mol. The lowest BCUT2D eigenvalue weighted by molar-refractivity contribution is -0.141. The van der Waals surface area contributed by atoms with Gasteiger partial charge in [-0.1, -0.05) is 30.4 Å². The average molecular weight is 344 g/mol. The summed E-state index contributed by atoms with van der Waals surface area (Å²) in [7, 11) is 1.69. The van der Waals surface area contributed by atoms with E-state index >= 15 is 0 Å². The van der Waals surface area contributed by atoms with Crippen LogP contribution < -0.4 is 4.74 Å². The number of likely N-dealkylation sites (tertiary alicyclic amines) is 1. The third-order valence-electron chi connectivity index (χ3n) is 4.98. The van der Waals surface area contributed by atoms with Gasteiger partial charge in [0.2, 0.25) is 5.91 Å². The maximum absolute atomic E-state index is 12.7. The molecule has 0 bridgehead atoms. The second-order valence-corrected chi connectivity index (χ2v) is 6.68. The third kappa shape index (κ3) is 4.83. The van der Waals surface area contributed by atoms with Crippen LogP contribution in [0.25, 0.3) is 6.08 Å². The zero-order valence-corrected chi connectivity index (χ0v) is 15.0. The Bertz CT molecular complexity index is 596. The fourth-order valence-corrected chi connectivity index (χ4v) is 3.60. The fourth-order valence-electron chi connectivity index (χ4n) is 3.60. The van der Waals surface area contributed by atoms with E-state index in [0.717, 1.165) is 56.9 Å². The molecule has 5 nitrogen and oxygen atoms in total. The maximum Gasteiger partial charge on any atom is 0.227 e. The topological polar surface area (TPSA) is 42.0 Å². The first-order valence-corrected chi connectivity index (χ1v) is 9.16. The molecule has 2 saturated heterocycles. The van der Waals surface area contributed by atoms with Crippen molar-refractivity contribution in [3.63, 3.8) is 0 Å². The summed E-state index contributed by atoms with van der Waals surface area (Å²) in [6.07, 6.45) is 6.36. The summed E-state index contributed by atoms with van der Waals surface area (Å²) in [6.45, 7) is 5.60. The van der Waals surface area contributed by atoms with E-state index in [1.54, 1.807) is 7.11 Å². The second kappa shape index (κ2) is 9.02. The van der Waals surface area contributed by atoms with Crippen molar-refractivity contribution in [2.24, 2.45) is 5.92 Å². The van der Waals surface area contributed by atoms with Crippen LogP contribution in [-0.4, -0.2) is 68.8 Å². The van der Waals surface area contributed by atoms with Crippen molar-refractivity contribution >= 4 is 12.0 Å². The quantitative estimate of drug-likeness (QED) is 0.822. The molecule has 0 radical (unpaired) electrons. The molecule has 1 unspecified atom stereocenters. The van der Waals surface area contributed by atoms with Crippen LogP contribution in [0.2, 0.25) is 0 Å². The number of ether oxygens (including phenoxy) is 2. The number of hydrogen-bond acceptors (Lipinski definition) is 4. The molecule has 1 amide bonds. The van der Waals surface area contributed by atoms with Crippen molar-refractivity contribution in [3.05, 3.63) is 35.9 Å². The molecule has 2 heterocycles. The van der Waals surface area contributed by atoms with E-state index in [-0.39, 0.29) is 5.92 Å². The van der Waals surface area contributed by atoms with Gasteiger partial charge in [-0.25, -0.2) is 0 Å². The van der Waals surface area contributed by atoms with Gasteiger partial charge in [-0.2, -0.15) is 0 Å². The highest BCUT2D eigenvalue weighted by molar-refractivity contribution is 5.79. The molecule has 136 valence electrons. The van der Waals surface area contributed by atoms with Crippen molar-refractivity contribution in [3.8, 4) is 5.75 Å². The minimum atomic E-state index is 0.131. The summed E-state index contributed by atoms with van der Waals surface area (Å²) in [5, 5.41) is 0. The number of carbonyl (C=O) groups is 1. The smallest absolute Gasteiger partial charge is 0.227 e. The summed E-state index contributed by atoms with van der Waals surface area (Å²) in [5.74, 6) is 1.32. The molecule has 0 aliphatic carbocycles. The number of morpholine rings is 1. The predicted molar refractivity (Wildman–Crippen MR) is 98.6 cm³/mol. The van der Waals surface area contributed by atoms with Crippen molar-refractivity contribution < 1.29 is 14.3 Å². The van der Waals surface area contributed by atoms with Crippen LogP contribution >= 0.6 is 0 Å². The van der Waals surface area contributed by atoms with Crippen molar-refractivity contribution in [1.29, 1.82) is 0 Å². The molecule has 0 aromatic heterocycles. The summed E-state index contributed by atoms with van der Waals surface area (Å²) in [5.41, 5.74) is 1.09.